The smallest absolute Gasteiger partial charge is 0.0546 e. The Balaban J connectivity index is 1.31. The maximum Gasteiger partial charge on any atom is 0.0546 e. The molecule has 0 aliphatic carbocycles. The van der Waals surface area contributed by atoms with E-state index in [9.17, 15) is 0 Å². The highest BCUT2D eigenvalue weighted by Gasteiger charge is 2.18. The van der Waals surface area contributed by atoms with Gasteiger partial charge < -0.3 is 4.90 Å². The molecule has 0 bridgehead atoms. The van der Waals surface area contributed by atoms with E-state index in [1.807, 2.05) is 0 Å². The number of hydrogen-bond acceptors (Lipinski definition) is 1. The van der Waals surface area contributed by atoms with Crippen molar-refractivity contribution < 1.29 is 0 Å². The second kappa shape index (κ2) is 11.6. The summed E-state index contributed by atoms with van der Waals surface area (Å²) in [6, 6.07) is 67.7. The van der Waals surface area contributed by atoms with Gasteiger partial charge >= 0.3 is 0 Å². The lowest BCUT2D eigenvalue weighted by Gasteiger charge is -2.28. The zero-order chi connectivity index (χ0) is 30.0. The Morgan fingerprint density at radius 3 is 1.47 bits per heavy atom. The molecule has 8 aromatic carbocycles. The summed E-state index contributed by atoms with van der Waals surface area (Å²) in [4.78, 5) is 2.41. The molecule has 1 heteroatoms. The molecule has 212 valence electrons. The second-order valence-electron chi connectivity index (χ2n) is 11.4. The normalized spacial score (nSPS) is 11.1. The summed E-state index contributed by atoms with van der Waals surface area (Å²) in [5, 5.41) is 4.97. The molecule has 8 aromatic rings. The van der Waals surface area contributed by atoms with Crippen LogP contribution in [0.2, 0.25) is 0 Å². The largest absolute Gasteiger partial charge is 0.310 e. The number of fused-ring (bicyclic) bond motifs is 3. The summed E-state index contributed by atoms with van der Waals surface area (Å²) in [6.45, 7) is 0. The van der Waals surface area contributed by atoms with Crippen LogP contribution < -0.4 is 4.90 Å². The molecular weight excluding hydrogens is 542 g/mol. The molecule has 0 saturated heterocycles. The minimum Gasteiger partial charge on any atom is -0.310 e. The van der Waals surface area contributed by atoms with Crippen LogP contribution in [-0.4, -0.2) is 0 Å². The van der Waals surface area contributed by atoms with Crippen LogP contribution in [0.25, 0.3) is 54.9 Å². The Morgan fingerprint density at radius 2 is 0.756 bits per heavy atom. The third-order valence-electron chi connectivity index (χ3n) is 8.63. The summed E-state index contributed by atoms with van der Waals surface area (Å²) < 4.78 is 0. The van der Waals surface area contributed by atoms with Gasteiger partial charge in [0.05, 0.1) is 5.69 Å². The lowest BCUT2D eigenvalue weighted by Crippen LogP contribution is -2.10. The van der Waals surface area contributed by atoms with Crippen LogP contribution in [0.4, 0.5) is 17.1 Å². The SMILES string of the molecule is c1ccc(-c2ccc(N(c3cccc(-c4cccc(-c5ccccc5)c4)c3)c3cc4ccccc4c4ccccc34)cc2)cc1. The minimum atomic E-state index is 1.12. The van der Waals surface area contributed by atoms with Crippen molar-refractivity contribution in [3.63, 3.8) is 0 Å². The molecule has 0 N–H and O–H groups in total. The molecule has 45 heavy (non-hydrogen) atoms. The van der Waals surface area contributed by atoms with Crippen molar-refractivity contribution in [2.45, 2.75) is 0 Å². The molecule has 0 atom stereocenters. The van der Waals surface area contributed by atoms with Crippen LogP contribution in [0, 0.1) is 0 Å². The number of benzene rings is 8. The highest BCUT2D eigenvalue weighted by Crippen LogP contribution is 2.43. The van der Waals surface area contributed by atoms with Gasteiger partial charge in [-0.1, -0.05) is 152 Å². The predicted molar refractivity (Wildman–Crippen MR) is 192 cm³/mol. The summed E-state index contributed by atoms with van der Waals surface area (Å²) in [7, 11) is 0. The van der Waals surface area contributed by atoms with Gasteiger partial charge in [-0.3, -0.25) is 0 Å². The first-order chi connectivity index (χ1) is 22.3. The molecule has 0 amide bonds. The molecule has 0 fully saturated rings. The van der Waals surface area contributed by atoms with Gasteiger partial charge in [0.2, 0.25) is 0 Å². The summed E-state index contributed by atoms with van der Waals surface area (Å²) >= 11 is 0. The van der Waals surface area contributed by atoms with Gasteiger partial charge in [-0.15, -0.1) is 0 Å². The van der Waals surface area contributed by atoms with Crippen molar-refractivity contribution in [2.24, 2.45) is 0 Å². The van der Waals surface area contributed by atoms with Crippen molar-refractivity contribution >= 4 is 38.6 Å². The molecule has 0 radical (unpaired) electrons. The third kappa shape index (κ3) is 5.15. The Kier molecular flexibility index (Phi) is 6.90. The predicted octanol–water partition coefficient (Wildman–Crippen LogP) is 12.5. The van der Waals surface area contributed by atoms with Crippen LogP contribution in [0.3, 0.4) is 0 Å². The van der Waals surface area contributed by atoms with Crippen LogP contribution >= 0.6 is 0 Å². The monoisotopic (exact) mass is 573 g/mol. The van der Waals surface area contributed by atoms with E-state index >= 15 is 0 Å². The zero-order valence-corrected chi connectivity index (χ0v) is 24.8. The fourth-order valence-corrected chi connectivity index (χ4v) is 6.41. The highest BCUT2D eigenvalue weighted by atomic mass is 15.1. The summed E-state index contributed by atoms with van der Waals surface area (Å²) in [5.41, 5.74) is 10.6. The van der Waals surface area contributed by atoms with E-state index in [-0.39, 0.29) is 0 Å². The van der Waals surface area contributed by atoms with Crippen molar-refractivity contribution in [3.05, 3.63) is 188 Å². The zero-order valence-electron chi connectivity index (χ0n) is 24.8. The van der Waals surface area contributed by atoms with Crippen LogP contribution in [0.15, 0.2) is 188 Å². The fraction of sp³-hybridized carbons (Fsp3) is 0. The molecular formula is C44H31N. The van der Waals surface area contributed by atoms with E-state index in [0.717, 1.165) is 17.1 Å². The van der Waals surface area contributed by atoms with Crippen molar-refractivity contribution in [3.8, 4) is 33.4 Å². The Labute approximate surface area is 264 Å². The molecule has 0 aliphatic heterocycles. The Morgan fingerprint density at radius 1 is 0.267 bits per heavy atom. The molecule has 0 spiro atoms. The first-order valence-electron chi connectivity index (χ1n) is 15.4. The Hall–Kier alpha value is -5.92. The average Bonchev–Trinajstić information content (AvgIpc) is 3.13. The van der Waals surface area contributed by atoms with Gasteiger partial charge in [-0.25, -0.2) is 0 Å². The van der Waals surface area contributed by atoms with E-state index in [2.05, 4.69) is 193 Å². The topological polar surface area (TPSA) is 3.24 Å². The molecule has 0 aliphatic rings. The molecule has 8 rings (SSSR count). The fourth-order valence-electron chi connectivity index (χ4n) is 6.41. The van der Waals surface area contributed by atoms with Gasteiger partial charge in [0.15, 0.2) is 0 Å². The number of rotatable bonds is 6. The maximum absolute atomic E-state index is 2.41. The van der Waals surface area contributed by atoms with Crippen LogP contribution in [0.5, 0.6) is 0 Å². The van der Waals surface area contributed by atoms with E-state index < -0.39 is 0 Å². The molecule has 0 aromatic heterocycles. The van der Waals surface area contributed by atoms with Gasteiger partial charge in [-0.05, 0) is 85.9 Å². The van der Waals surface area contributed by atoms with Crippen molar-refractivity contribution in [1.29, 1.82) is 0 Å². The van der Waals surface area contributed by atoms with Gasteiger partial charge in [0.25, 0.3) is 0 Å². The summed E-state index contributed by atoms with van der Waals surface area (Å²) in [6.07, 6.45) is 0. The van der Waals surface area contributed by atoms with Gasteiger partial charge in [0.1, 0.15) is 0 Å². The number of hydrogen-bond donors (Lipinski definition) is 0. The van der Waals surface area contributed by atoms with Crippen molar-refractivity contribution in [1.82, 2.24) is 0 Å². The van der Waals surface area contributed by atoms with Crippen LogP contribution in [-0.2, 0) is 0 Å². The van der Waals surface area contributed by atoms with Crippen molar-refractivity contribution in [2.75, 3.05) is 4.90 Å². The first kappa shape index (κ1) is 26.7. The third-order valence-corrected chi connectivity index (χ3v) is 8.63. The Bertz CT molecular complexity index is 2250. The van der Waals surface area contributed by atoms with Gasteiger partial charge in [0, 0.05) is 16.8 Å². The number of anilines is 3. The minimum absolute atomic E-state index is 1.12. The van der Waals surface area contributed by atoms with E-state index in [0.29, 0.717) is 0 Å². The number of nitrogens with zero attached hydrogens (tertiary/aromatic N) is 1. The molecule has 1 nitrogen and oxygen atoms in total. The molecule has 0 saturated carbocycles. The highest BCUT2D eigenvalue weighted by molar-refractivity contribution is 6.14. The van der Waals surface area contributed by atoms with Gasteiger partial charge in [-0.2, -0.15) is 0 Å². The summed E-state index contributed by atoms with van der Waals surface area (Å²) in [5.74, 6) is 0. The van der Waals surface area contributed by atoms with E-state index in [1.165, 1.54) is 54.9 Å². The lowest BCUT2D eigenvalue weighted by atomic mass is 9.97. The second-order valence-corrected chi connectivity index (χ2v) is 11.4. The quantitative estimate of drug-likeness (QED) is 0.179. The lowest BCUT2D eigenvalue weighted by molar-refractivity contribution is 1.30. The standard InChI is InChI=1S/C44H31N/c1-3-13-32(14-4-1)34-25-27-39(28-26-34)45(44-31-38-17-7-8-22-41(38)42-23-9-10-24-43(42)44)40-21-12-20-37(30-40)36-19-11-18-35(29-36)33-15-5-2-6-16-33/h1-31H. The molecule has 0 unspecified atom stereocenters. The average molecular weight is 574 g/mol. The maximum atomic E-state index is 2.41. The van der Waals surface area contributed by atoms with Crippen LogP contribution in [0.1, 0.15) is 0 Å². The molecule has 0 heterocycles. The first-order valence-corrected chi connectivity index (χ1v) is 15.4. The van der Waals surface area contributed by atoms with E-state index in [4.69, 9.17) is 0 Å². The van der Waals surface area contributed by atoms with E-state index in [1.54, 1.807) is 0 Å².